The van der Waals surface area contributed by atoms with Crippen molar-refractivity contribution in [3.05, 3.63) is 47.0 Å². The van der Waals surface area contributed by atoms with Gasteiger partial charge in [-0.2, -0.15) is 0 Å². The van der Waals surface area contributed by atoms with Crippen LogP contribution in [0.2, 0.25) is 0 Å². The summed E-state index contributed by atoms with van der Waals surface area (Å²) in [5, 5.41) is 0.662. The fraction of sp³-hybridized carbons (Fsp3) is 0.350. The molecule has 26 heavy (non-hydrogen) atoms. The van der Waals surface area contributed by atoms with Gasteiger partial charge in [-0.05, 0) is 35.2 Å². The first kappa shape index (κ1) is 17.1. The van der Waals surface area contributed by atoms with Gasteiger partial charge in [-0.3, -0.25) is 4.99 Å². The van der Waals surface area contributed by atoms with E-state index in [0.29, 0.717) is 10.8 Å². The van der Waals surface area contributed by atoms with Gasteiger partial charge in [-0.15, -0.1) is 0 Å². The molecule has 2 atom stereocenters. The van der Waals surface area contributed by atoms with E-state index in [0.717, 1.165) is 41.3 Å². The van der Waals surface area contributed by atoms with E-state index in [1.165, 1.54) is 10.5 Å². The lowest BCUT2D eigenvalue weighted by Crippen LogP contribution is -3.11. The van der Waals surface area contributed by atoms with Crippen molar-refractivity contribution in [2.75, 3.05) is 27.5 Å². The van der Waals surface area contributed by atoms with Gasteiger partial charge in [0.15, 0.2) is 11.5 Å². The molecule has 2 aromatic carbocycles. The monoisotopic (exact) mass is 370 g/mol. The molecule has 0 radical (unpaired) electrons. The van der Waals surface area contributed by atoms with Gasteiger partial charge in [-0.1, -0.05) is 18.2 Å². The number of nitrogens with one attached hydrogen (secondary N) is 1. The maximum Gasteiger partial charge on any atom is 0.231 e. The lowest BCUT2D eigenvalue weighted by molar-refractivity contribution is -0.902. The first-order valence-electron chi connectivity index (χ1n) is 8.73. The number of ether oxygens (including phenoxy) is 3. The molecule has 4 rings (SSSR count). The average Bonchev–Trinajstić information content (AvgIpc) is 3.10. The molecule has 6 heteroatoms. The fourth-order valence-electron chi connectivity index (χ4n) is 3.73. The van der Waals surface area contributed by atoms with Crippen molar-refractivity contribution in [3.8, 4) is 17.2 Å². The summed E-state index contributed by atoms with van der Waals surface area (Å²) in [6.07, 6.45) is 0.942. The third-order valence-electron chi connectivity index (χ3n) is 5.11. The summed E-state index contributed by atoms with van der Waals surface area (Å²) in [5.74, 6) is 2.15. The smallest absolute Gasteiger partial charge is 0.231 e. The predicted octanol–water partition coefficient (Wildman–Crippen LogP) is 2.12. The molecule has 2 aliphatic heterocycles. The van der Waals surface area contributed by atoms with Crippen LogP contribution in [0.15, 0.2) is 35.3 Å². The summed E-state index contributed by atoms with van der Waals surface area (Å²) in [4.78, 5) is 6.09. The lowest BCUT2D eigenvalue weighted by atomic mass is 9.91. The van der Waals surface area contributed by atoms with Gasteiger partial charge >= 0.3 is 0 Å². The number of rotatable bonds is 3. The second kappa shape index (κ2) is 6.78. The SMILES string of the molecule is COc1c2c(cc3c1C(C([S-])=Nc1ccccc1C)[NH+](C)CC3)OCO2. The lowest BCUT2D eigenvalue weighted by Gasteiger charge is -2.36. The van der Waals surface area contributed by atoms with Crippen LogP contribution in [0, 0.1) is 6.92 Å². The highest BCUT2D eigenvalue weighted by molar-refractivity contribution is 7.77. The Morgan fingerprint density at radius 2 is 2.12 bits per heavy atom. The largest absolute Gasteiger partial charge is 0.758 e. The van der Waals surface area contributed by atoms with Crippen molar-refractivity contribution in [1.82, 2.24) is 0 Å². The third-order valence-corrected chi connectivity index (χ3v) is 5.44. The normalized spacial score (nSPS) is 21.4. The number of methoxy groups -OCH3 is 1. The Morgan fingerprint density at radius 3 is 2.88 bits per heavy atom. The zero-order valence-electron chi connectivity index (χ0n) is 15.2. The number of fused-ring (bicyclic) bond motifs is 2. The first-order valence-corrected chi connectivity index (χ1v) is 9.14. The second-order valence-electron chi connectivity index (χ2n) is 6.73. The van der Waals surface area contributed by atoms with Crippen LogP contribution >= 0.6 is 0 Å². The van der Waals surface area contributed by atoms with Crippen LogP contribution < -0.4 is 19.1 Å². The van der Waals surface area contributed by atoms with Gasteiger partial charge < -0.3 is 31.7 Å². The topological polar surface area (TPSA) is 44.5 Å². The van der Waals surface area contributed by atoms with E-state index in [2.05, 4.69) is 13.1 Å². The minimum atomic E-state index is -0.0576. The van der Waals surface area contributed by atoms with Gasteiger partial charge in [0.2, 0.25) is 12.5 Å². The number of benzene rings is 2. The van der Waals surface area contributed by atoms with Crippen LogP contribution in [0.5, 0.6) is 17.2 Å². The van der Waals surface area contributed by atoms with Crippen LogP contribution in [-0.4, -0.2) is 32.5 Å². The van der Waals surface area contributed by atoms with Gasteiger partial charge in [0.25, 0.3) is 0 Å². The van der Waals surface area contributed by atoms with Crippen molar-refractivity contribution in [2.24, 2.45) is 4.99 Å². The number of hydrogen-bond donors (Lipinski definition) is 1. The van der Waals surface area contributed by atoms with E-state index in [1.807, 2.05) is 31.2 Å². The molecule has 2 unspecified atom stereocenters. The Bertz CT molecular complexity index is 882. The Kier molecular flexibility index (Phi) is 4.46. The molecule has 2 heterocycles. The van der Waals surface area contributed by atoms with Crippen molar-refractivity contribution in [2.45, 2.75) is 19.4 Å². The van der Waals surface area contributed by atoms with Gasteiger partial charge in [0, 0.05) is 6.42 Å². The molecule has 5 nitrogen and oxygen atoms in total. The maximum absolute atomic E-state index is 5.79. The number of hydrogen-bond acceptors (Lipinski definition) is 5. The van der Waals surface area contributed by atoms with E-state index < -0.39 is 0 Å². The summed E-state index contributed by atoms with van der Waals surface area (Å²) >= 11 is 5.79. The third kappa shape index (κ3) is 2.79. The molecule has 2 aromatic rings. The molecular formula is C20H22N2O3S. The number of aryl methyl sites for hydroxylation is 1. The molecule has 0 spiro atoms. The van der Waals surface area contributed by atoms with Crippen molar-refractivity contribution in [3.63, 3.8) is 0 Å². The molecule has 0 aliphatic carbocycles. The molecule has 0 saturated heterocycles. The van der Waals surface area contributed by atoms with Crippen LogP contribution in [0.25, 0.3) is 0 Å². The molecule has 0 fully saturated rings. The Hall–Kier alpha value is -2.31. The molecule has 0 bridgehead atoms. The van der Waals surface area contributed by atoms with E-state index in [1.54, 1.807) is 7.11 Å². The highest BCUT2D eigenvalue weighted by atomic mass is 32.1. The predicted molar refractivity (Wildman–Crippen MR) is 103 cm³/mol. The van der Waals surface area contributed by atoms with Crippen molar-refractivity contribution >= 4 is 23.4 Å². The van der Waals surface area contributed by atoms with Crippen LogP contribution in [0.3, 0.4) is 0 Å². The molecule has 136 valence electrons. The molecule has 1 N–H and O–H groups in total. The van der Waals surface area contributed by atoms with E-state index in [4.69, 9.17) is 31.8 Å². The zero-order valence-corrected chi connectivity index (χ0v) is 16.0. The number of likely N-dealkylation sites (N-methyl/N-ethyl adjacent to an activating group) is 1. The average molecular weight is 370 g/mol. The number of aliphatic imine (C=N–C) groups is 1. The number of para-hydroxylation sites is 1. The van der Waals surface area contributed by atoms with E-state index >= 15 is 0 Å². The standard InChI is InChI=1S/C20H22N2O3S/c1-12-6-4-5-7-14(12)21-20(26)17-16-13(8-9-22(17)2)10-15-18(19(16)23-3)25-11-24-15/h4-7,10,17H,8-9,11H2,1-3H3,(H,21,26). The molecular weight excluding hydrogens is 348 g/mol. The highest BCUT2D eigenvalue weighted by Crippen LogP contribution is 2.47. The van der Waals surface area contributed by atoms with Gasteiger partial charge in [-0.25, -0.2) is 0 Å². The van der Waals surface area contributed by atoms with Crippen LogP contribution in [0.4, 0.5) is 5.69 Å². The second-order valence-corrected chi connectivity index (χ2v) is 7.15. The van der Waals surface area contributed by atoms with Crippen molar-refractivity contribution in [1.29, 1.82) is 0 Å². The molecule has 0 aromatic heterocycles. The van der Waals surface area contributed by atoms with Gasteiger partial charge in [0.1, 0.15) is 6.04 Å². The van der Waals surface area contributed by atoms with E-state index in [-0.39, 0.29) is 12.8 Å². The first-order chi connectivity index (χ1) is 12.6. The minimum Gasteiger partial charge on any atom is -0.758 e. The van der Waals surface area contributed by atoms with E-state index in [9.17, 15) is 0 Å². The quantitative estimate of drug-likeness (QED) is 0.511. The van der Waals surface area contributed by atoms with Gasteiger partial charge in [0.05, 0.1) is 32.0 Å². The Balaban J connectivity index is 1.85. The summed E-state index contributed by atoms with van der Waals surface area (Å²) in [6.45, 7) is 3.25. The Labute approximate surface area is 159 Å². The molecule has 0 saturated carbocycles. The fourth-order valence-corrected chi connectivity index (χ4v) is 4.15. The zero-order chi connectivity index (χ0) is 18.3. The minimum absolute atomic E-state index is 0.0576. The van der Waals surface area contributed by atoms with Crippen LogP contribution in [-0.2, 0) is 19.0 Å². The van der Waals surface area contributed by atoms with Crippen molar-refractivity contribution < 1.29 is 19.1 Å². The summed E-state index contributed by atoms with van der Waals surface area (Å²) in [7, 11) is 3.82. The summed E-state index contributed by atoms with van der Waals surface area (Å²) < 4.78 is 17.0. The maximum atomic E-state index is 5.79. The Morgan fingerprint density at radius 1 is 1.31 bits per heavy atom. The number of nitrogens with zero attached hydrogens (tertiary/aromatic N) is 1. The summed E-state index contributed by atoms with van der Waals surface area (Å²) in [5.41, 5.74) is 4.30. The highest BCUT2D eigenvalue weighted by Gasteiger charge is 2.36. The summed E-state index contributed by atoms with van der Waals surface area (Å²) in [6, 6.07) is 10.0. The molecule has 0 amide bonds. The molecule has 2 aliphatic rings. The van der Waals surface area contributed by atoms with Crippen LogP contribution in [0.1, 0.15) is 22.7 Å². The number of quaternary nitrogens is 1.